The van der Waals surface area contributed by atoms with Crippen molar-refractivity contribution < 1.29 is 9.84 Å². The van der Waals surface area contributed by atoms with Gasteiger partial charge >= 0.3 is 0 Å². The molecule has 0 spiro atoms. The topological polar surface area (TPSA) is 42.4 Å². The Hall–Kier alpha value is -0.160. The van der Waals surface area contributed by atoms with Gasteiger partial charge in [-0.2, -0.15) is 0 Å². The van der Waals surface area contributed by atoms with Crippen molar-refractivity contribution in [2.45, 2.75) is 5.60 Å². The first-order valence-electron chi connectivity index (χ1n) is 3.13. The number of nitrogens with zero attached hydrogens (tertiary/aromatic N) is 1. The molecule has 0 aliphatic carbocycles. The predicted octanol–water partition coefficient (Wildman–Crippen LogP) is 1.01. The standard InChI is InChI=1S/C6H6ClNO2S/c7-5-8-1-4(11-5)6(9)2-10-3-6/h1,9H,2-3H2. The van der Waals surface area contributed by atoms with E-state index in [0.717, 1.165) is 4.88 Å². The Morgan fingerprint density at radius 2 is 2.45 bits per heavy atom. The highest BCUT2D eigenvalue weighted by Crippen LogP contribution is 2.34. The summed E-state index contributed by atoms with van der Waals surface area (Å²) >= 11 is 6.90. The van der Waals surface area contributed by atoms with E-state index in [2.05, 4.69) is 4.98 Å². The van der Waals surface area contributed by atoms with E-state index in [1.54, 1.807) is 6.20 Å². The zero-order chi connectivity index (χ0) is 7.90. The van der Waals surface area contributed by atoms with Gasteiger partial charge in [0.25, 0.3) is 0 Å². The van der Waals surface area contributed by atoms with E-state index in [4.69, 9.17) is 16.3 Å². The van der Waals surface area contributed by atoms with E-state index in [0.29, 0.717) is 17.7 Å². The quantitative estimate of drug-likeness (QED) is 0.721. The Kier molecular flexibility index (Phi) is 1.64. The Morgan fingerprint density at radius 1 is 1.73 bits per heavy atom. The lowest BCUT2D eigenvalue weighted by molar-refractivity contribution is -0.182. The van der Waals surface area contributed by atoms with Crippen molar-refractivity contribution in [3.05, 3.63) is 15.5 Å². The van der Waals surface area contributed by atoms with Crippen molar-refractivity contribution in [1.29, 1.82) is 0 Å². The second-order valence-corrected chi connectivity index (χ2v) is 4.11. The SMILES string of the molecule is OC1(c2cnc(Cl)s2)COC1. The molecule has 1 fully saturated rings. The van der Waals surface area contributed by atoms with E-state index >= 15 is 0 Å². The maximum atomic E-state index is 9.68. The molecule has 5 heteroatoms. The minimum atomic E-state index is -0.815. The number of ether oxygens (including phenoxy) is 1. The van der Waals surface area contributed by atoms with Gasteiger partial charge in [-0.15, -0.1) is 11.3 Å². The summed E-state index contributed by atoms with van der Waals surface area (Å²) in [6.07, 6.45) is 1.59. The number of aromatic nitrogens is 1. The average Bonchev–Trinajstić information content (AvgIpc) is 2.31. The fourth-order valence-electron chi connectivity index (χ4n) is 0.906. The summed E-state index contributed by atoms with van der Waals surface area (Å²) in [6.45, 7) is 0.705. The fourth-order valence-corrected chi connectivity index (χ4v) is 1.90. The van der Waals surface area contributed by atoms with E-state index in [1.807, 2.05) is 0 Å². The van der Waals surface area contributed by atoms with Crippen molar-refractivity contribution in [1.82, 2.24) is 4.98 Å². The number of aliphatic hydroxyl groups is 1. The van der Waals surface area contributed by atoms with Crippen LogP contribution >= 0.6 is 22.9 Å². The monoisotopic (exact) mass is 191 g/mol. The first-order chi connectivity index (χ1) is 5.21. The van der Waals surface area contributed by atoms with E-state index in [1.165, 1.54) is 11.3 Å². The Bertz CT molecular complexity index is 271. The molecule has 3 nitrogen and oxygen atoms in total. The van der Waals surface area contributed by atoms with Gasteiger partial charge in [-0.1, -0.05) is 11.6 Å². The molecule has 0 saturated carbocycles. The lowest BCUT2D eigenvalue weighted by Crippen LogP contribution is -2.45. The minimum Gasteiger partial charge on any atom is -0.379 e. The Balaban J connectivity index is 2.28. The molecule has 1 aliphatic heterocycles. The molecule has 1 aromatic rings. The van der Waals surface area contributed by atoms with Gasteiger partial charge in [0.2, 0.25) is 0 Å². The molecule has 1 saturated heterocycles. The lowest BCUT2D eigenvalue weighted by atomic mass is 10.0. The van der Waals surface area contributed by atoms with Crippen LogP contribution in [0.25, 0.3) is 0 Å². The highest BCUT2D eigenvalue weighted by Gasteiger charge is 2.39. The number of rotatable bonds is 1. The third kappa shape index (κ3) is 1.16. The van der Waals surface area contributed by atoms with E-state index in [9.17, 15) is 5.11 Å². The van der Waals surface area contributed by atoms with Gasteiger partial charge in [-0.3, -0.25) is 0 Å². The van der Waals surface area contributed by atoms with Gasteiger partial charge < -0.3 is 9.84 Å². The Labute approximate surface area is 72.6 Å². The smallest absolute Gasteiger partial charge is 0.183 e. The maximum Gasteiger partial charge on any atom is 0.183 e. The molecule has 0 radical (unpaired) electrons. The summed E-state index contributed by atoms with van der Waals surface area (Å²) in [5, 5.41) is 9.68. The molecule has 0 amide bonds. The van der Waals surface area contributed by atoms with Crippen LogP contribution in [0, 0.1) is 0 Å². The van der Waals surface area contributed by atoms with Crippen LogP contribution in [0.5, 0.6) is 0 Å². The molecule has 1 aromatic heterocycles. The molecule has 0 atom stereocenters. The van der Waals surface area contributed by atoms with Gasteiger partial charge in [0, 0.05) is 6.20 Å². The van der Waals surface area contributed by atoms with Crippen LogP contribution in [-0.2, 0) is 10.3 Å². The highest BCUT2D eigenvalue weighted by atomic mass is 35.5. The Morgan fingerprint density at radius 3 is 2.82 bits per heavy atom. The second kappa shape index (κ2) is 2.42. The van der Waals surface area contributed by atoms with Gasteiger partial charge in [0.1, 0.15) is 5.60 Å². The minimum absolute atomic E-state index is 0.353. The maximum absolute atomic E-state index is 9.68. The van der Waals surface area contributed by atoms with Crippen LogP contribution in [-0.4, -0.2) is 23.3 Å². The molecule has 1 aliphatic rings. The molecular formula is C6H6ClNO2S. The summed E-state index contributed by atoms with van der Waals surface area (Å²) in [7, 11) is 0. The number of hydrogen-bond acceptors (Lipinski definition) is 4. The van der Waals surface area contributed by atoms with Crippen molar-refractivity contribution in [3.63, 3.8) is 0 Å². The largest absolute Gasteiger partial charge is 0.379 e. The van der Waals surface area contributed by atoms with Crippen LogP contribution in [0.4, 0.5) is 0 Å². The number of halogens is 1. The van der Waals surface area contributed by atoms with Gasteiger partial charge in [-0.25, -0.2) is 4.98 Å². The third-order valence-electron chi connectivity index (χ3n) is 1.62. The molecule has 60 valence electrons. The molecule has 2 heterocycles. The summed E-state index contributed by atoms with van der Waals surface area (Å²) in [4.78, 5) is 4.62. The van der Waals surface area contributed by atoms with Crippen molar-refractivity contribution in [2.75, 3.05) is 13.2 Å². The first-order valence-corrected chi connectivity index (χ1v) is 4.32. The molecule has 0 aromatic carbocycles. The predicted molar refractivity (Wildman–Crippen MR) is 41.8 cm³/mol. The van der Waals surface area contributed by atoms with Crippen molar-refractivity contribution in [2.24, 2.45) is 0 Å². The summed E-state index contributed by atoms with van der Waals surface area (Å²) in [5.41, 5.74) is -0.815. The molecule has 11 heavy (non-hydrogen) atoms. The van der Waals surface area contributed by atoms with Gasteiger partial charge in [-0.05, 0) is 0 Å². The summed E-state index contributed by atoms with van der Waals surface area (Å²) in [5.74, 6) is 0. The van der Waals surface area contributed by atoms with Crippen LogP contribution in [0.15, 0.2) is 6.20 Å². The van der Waals surface area contributed by atoms with Crippen molar-refractivity contribution in [3.8, 4) is 0 Å². The van der Waals surface area contributed by atoms with Crippen LogP contribution in [0.3, 0.4) is 0 Å². The van der Waals surface area contributed by atoms with Crippen LogP contribution in [0.2, 0.25) is 4.47 Å². The normalized spacial score (nSPS) is 21.3. The fraction of sp³-hybridized carbons (Fsp3) is 0.500. The summed E-state index contributed by atoms with van der Waals surface area (Å²) < 4.78 is 5.35. The van der Waals surface area contributed by atoms with Crippen LogP contribution < -0.4 is 0 Å². The second-order valence-electron chi connectivity index (χ2n) is 2.50. The average molecular weight is 192 g/mol. The lowest BCUT2D eigenvalue weighted by Gasteiger charge is -2.34. The molecule has 0 unspecified atom stereocenters. The first kappa shape index (κ1) is 7.49. The zero-order valence-corrected chi connectivity index (χ0v) is 7.15. The summed E-state index contributed by atoms with van der Waals surface area (Å²) in [6, 6.07) is 0. The van der Waals surface area contributed by atoms with Crippen molar-refractivity contribution >= 4 is 22.9 Å². The number of hydrogen-bond donors (Lipinski definition) is 1. The van der Waals surface area contributed by atoms with E-state index in [-0.39, 0.29) is 0 Å². The molecule has 1 N–H and O–H groups in total. The highest BCUT2D eigenvalue weighted by molar-refractivity contribution is 7.15. The van der Waals surface area contributed by atoms with Crippen LogP contribution in [0.1, 0.15) is 4.88 Å². The van der Waals surface area contributed by atoms with Gasteiger partial charge in [0.05, 0.1) is 18.1 Å². The molecular weight excluding hydrogens is 186 g/mol. The third-order valence-corrected chi connectivity index (χ3v) is 2.93. The van der Waals surface area contributed by atoms with E-state index < -0.39 is 5.60 Å². The zero-order valence-electron chi connectivity index (χ0n) is 5.58. The molecule has 0 bridgehead atoms. The number of thiazole rings is 1. The molecule has 2 rings (SSSR count). The van der Waals surface area contributed by atoms with Gasteiger partial charge in [0.15, 0.2) is 4.47 Å².